The number of hydrogen-bond acceptors (Lipinski definition) is 4. The largest absolute Gasteiger partial charge is 0.228 e. The first-order valence-electron chi connectivity index (χ1n) is 39.8. The highest BCUT2D eigenvalue weighted by molar-refractivity contribution is 5.97. The molecule has 0 unspecified atom stereocenters. The predicted octanol–water partition coefficient (Wildman–Crippen LogP) is 30.1. The Labute approximate surface area is 680 Å². The highest BCUT2D eigenvalue weighted by Gasteiger charge is 2.18. The van der Waals surface area contributed by atoms with Crippen molar-refractivity contribution in [2.75, 3.05) is 0 Å². The third-order valence-electron chi connectivity index (χ3n) is 22.2. The fourth-order valence-corrected chi connectivity index (χ4v) is 15.7. The molecule has 0 amide bonds. The van der Waals surface area contributed by atoms with Crippen LogP contribution in [0.3, 0.4) is 0 Å². The molecule has 2 aromatic heterocycles. The van der Waals surface area contributed by atoms with Crippen LogP contribution in [0.2, 0.25) is 0 Å². The van der Waals surface area contributed by atoms with Gasteiger partial charge < -0.3 is 0 Å². The van der Waals surface area contributed by atoms with E-state index in [4.69, 9.17) is 19.9 Å². The van der Waals surface area contributed by atoms with Crippen LogP contribution >= 0.6 is 0 Å². The number of nitrogens with zero attached hydrogens (tertiary/aromatic N) is 4. The van der Waals surface area contributed by atoms with Crippen molar-refractivity contribution in [1.29, 1.82) is 0 Å². The first kappa shape index (κ1) is 72.9. The summed E-state index contributed by atoms with van der Waals surface area (Å²) < 4.78 is 0. The molecule has 2 heterocycles. The first-order valence-corrected chi connectivity index (χ1v) is 39.8. The Hall–Kier alpha value is -14.6. The molecule has 0 aliphatic rings. The summed E-state index contributed by atoms with van der Waals surface area (Å²) in [5.74, 6) is 1.40. The zero-order valence-electron chi connectivity index (χ0n) is 65.9. The standard InChI is InChI=1S/C60H46N2.C52H38N2/c1-39-12-16-43(17-13-39)52-32-41(3)34-54(36-52)45-20-26-49(27-21-45)58-38-59(50-28-22-46(23-29-50)55-35-42(4)33-53(37-55)44-18-14-40(2)15-19-44)62-60(61-58)51-30-24-48(25-31-51)57-11-7-9-47-8-5-6-10-56(47)57;1-35-13-17-38(18-14-35)45-9-5-11-47(31-45)40-21-26-42(27-22-40)50-34-51(54-52(53-50)49-30-25-37-7-3-4-8-44(37)33-49)43-28-23-41(24-29-43)48-12-6-10-46(32-48)39-19-15-36(2)16-20-39/h5-38H,1-4H3;3-34H,1-2H3. The topological polar surface area (TPSA) is 51.6 Å². The molecule has 0 radical (unpaired) electrons. The highest BCUT2D eigenvalue weighted by atomic mass is 14.9. The quantitative estimate of drug-likeness (QED) is 0.103. The second-order valence-electron chi connectivity index (χ2n) is 30.7. The summed E-state index contributed by atoms with van der Waals surface area (Å²) in [5, 5.41) is 4.83. The second kappa shape index (κ2) is 32.3. The molecule has 0 saturated heterocycles. The summed E-state index contributed by atoms with van der Waals surface area (Å²) in [7, 11) is 0. The minimum Gasteiger partial charge on any atom is -0.228 e. The zero-order chi connectivity index (χ0) is 78.6. The Bertz CT molecular complexity index is 6470. The fourth-order valence-electron chi connectivity index (χ4n) is 15.7. The van der Waals surface area contributed by atoms with E-state index < -0.39 is 0 Å². The van der Waals surface area contributed by atoms with Crippen LogP contribution in [0.5, 0.6) is 0 Å². The summed E-state index contributed by atoms with van der Waals surface area (Å²) in [6, 6.07) is 144. The van der Waals surface area contributed by atoms with Crippen LogP contribution in [0.15, 0.2) is 400 Å². The van der Waals surface area contributed by atoms with E-state index in [0.29, 0.717) is 11.6 Å². The molecular formula is C112H84N4. The minimum atomic E-state index is 0.693. The van der Waals surface area contributed by atoms with Gasteiger partial charge in [0.2, 0.25) is 0 Å². The molecule has 0 aliphatic heterocycles. The van der Waals surface area contributed by atoms with Gasteiger partial charge in [-0.25, -0.2) is 19.9 Å². The summed E-state index contributed by atoms with van der Waals surface area (Å²) in [6.07, 6.45) is 0. The third-order valence-corrected chi connectivity index (χ3v) is 22.2. The van der Waals surface area contributed by atoms with Gasteiger partial charge in [-0.1, -0.05) is 380 Å². The van der Waals surface area contributed by atoms with Gasteiger partial charge in [0, 0.05) is 33.4 Å². The van der Waals surface area contributed by atoms with E-state index in [9.17, 15) is 0 Å². The van der Waals surface area contributed by atoms with E-state index >= 15 is 0 Å². The Morgan fingerprint density at radius 1 is 0.138 bits per heavy atom. The maximum absolute atomic E-state index is 5.24. The van der Waals surface area contributed by atoms with Gasteiger partial charge in [-0.2, -0.15) is 0 Å². The predicted molar refractivity (Wildman–Crippen MR) is 489 cm³/mol. The average molecular weight is 1490 g/mol. The monoisotopic (exact) mass is 1480 g/mol. The molecule has 0 fully saturated rings. The van der Waals surface area contributed by atoms with Gasteiger partial charge in [-0.15, -0.1) is 0 Å². The van der Waals surface area contributed by atoms with Crippen LogP contribution in [-0.2, 0) is 0 Å². The van der Waals surface area contributed by atoms with Gasteiger partial charge >= 0.3 is 0 Å². The van der Waals surface area contributed by atoms with Gasteiger partial charge in [-0.3, -0.25) is 0 Å². The van der Waals surface area contributed by atoms with E-state index in [1.807, 2.05) is 0 Å². The summed E-state index contributed by atoms with van der Waals surface area (Å²) >= 11 is 0. The summed E-state index contributed by atoms with van der Waals surface area (Å²) in [4.78, 5) is 20.8. The highest BCUT2D eigenvalue weighted by Crippen LogP contribution is 2.39. The van der Waals surface area contributed by atoms with Crippen LogP contribution < -0.4 is 0 Å². The molecule has 4 heteroatoms. The number of aromatic nitrogens is 4. The molecule has 19 rings (SSSR count). The number of fused-ring (bicyclic) bond motifs is 2. The third kappa shape index (κ3) is 16.1. The molecule has 0 saturated carbocycles. The van der Waals surface area contributed by atoms with Crippen LogP contribution in [0.4, 0.5) is 0 Å². The van der Waals surface area contributed by atoms with Gasteiger partial charge in [0.25, 0.3) is 0 Å². The van der Waals surface area contributed by atoms with Crippen molar-refractivity contribution in [2.45, 2.75) is 41.5 Å². The molecule has 17 aromatic carbocycles. The molecule has 0 atom stereocenters. The van der Waals surface area contributed by atoms with Crippen LogP contribution in [0, 0.1) is 41.5 Å². The Balaban J connectivity index is 0.000000162. The van der Waals surface area contributed by atoms with Crippen molar-refractivity contribution in [3.8, 4) is 168 Å². The van der Waals surface area contributed by atoms with Crippen LogP contribution in [-0.4, -0.2) is 19.9 Å². The van der Waals surface area contributed by atoms with Gasteiger partial charge in [0.1, 0.15) is 0 Å². The summed E-state index contributed by atoms with van der Waals surface area (Å²) in [6.45, 7) is 12.8. The zero-order valence-corrected chi connectivity index (χ0v) is 65.9. The van der Waals surface area contributed by atoms with E-state index in [1.165, 1.54) is 150 Å². The molecule has 19 aromatic rings. The van der Waals surface area contributed by atoms with Gasteiger partial charge in [-0.05, 0) is 217 Å². The Morgan fingerprint density at radius 2 is 0.397 bits per heavy atom. The lowest BCUT2D eigenvalue weighted by atomic mass is 9.95. The normalized spacial score (nSPS) is 11.2. The molecule has 4 nitrogen and oxygen atoms in total. The van der Waals surface area contributed by atoms with E-state index in [1.54, 1.807) is 0 Å². The Morgan fingerprint density at radius 3 is 0.767 bits per heavy atom. The number of benzene rings is 17. The molecule has 0 spiro atoms. The molecular weight excluding hydrogens is 1400 g/mol. The molecule has 0 aliphatic carbocycles. The minimum absolute atomic E-state index is 0.693. The first-order chi connectivity index (χ1) is 56.8. The number of aryl methyl sites for hydroxylation is 6. The molecule has 0 N–H and O–H groups in total. The Kier molecular flexibility index (Phi) is 20.3. The maximum Gasteiger partial charge on any atom is 0.160 e. The van der Waals surface area contributed by atoms with Gasteiger partial charge in [0.15, 0.2) is 11.6 Å². The maximum atomic E-state index is 5.24. The van der Waals surface area contributed by atoms with Crippen LogP contribution in [0.1, 0.15) is 33.4 Å². The van der Waals surface area contributed by atoms with E-state index in [0.717, 1.165) is 61.7 Å². The summed E-state index contributed by atoms with van der Waals surface area (Å²) in [5.41, 5.74) is 38.7. The van der Waals surface area contributed by atoms with Gasteiger partial charge in [0.05, 0.1) is 22.8 Å². The van der Waals surface area contributed by atoms with E-state index in [-0.39, 0.29) is 0 Å². The lowest BCUT2D eigenvalue weighted by Crippen LogP contribution is -1.96. The molecule has 116 heavy (non-hydrogen) atoms. The van der Waals surface area contributed by atoms with Crippen molar-refractivity contribution in [2.24, 2.45) is 0 Å². The van der Waals surface area contributed by atoms with Crippen molar-refractivity contribution in [3.05, 3.63) is 434 Å². The number of hydrogen-bond donors (Lipinski definition) is 0. The second-order valence-corrected chi connectivity index (χ2v) is 30.7. The number of rotatable bonds is 15. The SMILES string of the molecule is Cc1ccc(-c2cc(C)cc(-c3ccc(-c4cc(-c5ccc(-c6cc(C)cc(-c7ccc(C)cc7)c6)cc5)nc(-c5ccc(-c6cccc7ccccc67)cc5)n4)cc3)c2)cc1.Cc1ccc(-c2cccc(-c3ccc(-c4cc(-c5ccc(-c6cccc(-c7ccc(C)cc7)c6)cc5)nc(-c5ccc6ccccc6c5)n4)cc3)c2)cc1. The molecule has 0 bridgehead atoms. The average Bonchev–Trinajstić information content (AvgIpc) is 0.787. The lowest BCUT2D eigenvalue weighted by Gasteiger charge is -2.13. The fraction of sp³-hybridized carbons (Fsp3) is 0.0536. The van der Waals surface area contributed by atoms with Crippen LogP contribution in [0.25, 0.3) is 189 Å². The lowest BCUT2D eigenvalue weighted by molar-refractivity contribution is 1.18. The van der Waals surface area contributed by atoms with Crippen molar-refractivity contribution in [3.63, 3.8) is 0 Å². The smallest absolute Gasteiger partial charge is 0.160 e. The van der Waals surface area contributed by atoms with Crippen molar-refractivity contribution < 1.29 is 0 Å². The van der Waals surface area contributed by atoms with Crippen molar-refractivity contribution >= 4 is 21.5 Å². The van der Waals surface area contributed by atoms with E-state index in [2.05, 4.69) is 442 Å². The molecule has 552 valence electrons. The van der Waals surface area contributed by atoms with Crippen molar-refractivity contribution in [1.82, 2.24) is 19.9 Å².